The van der Waals surface area contributed by atoms with Crippen molar-refractivity contribution in [3.8, 4) is 0 Å². The van der Waals surface area contributed by atoms with Crippen molar-refractivity contribution < 1.29 is 14.6 Å². The van der Waals surface area contributed by atoms with Crippen LogP contribution in [0.2, 0.25) is 0 Å². The van der Waals surface area contributed by atoms with E-state index in [-0.39, 0.29) is 17.6 Å². The zero-order chi connectivity index (χ0) is 16.8. The Bertz CT molecular complexity index is 643. The van der Waals surface area contributed by atoms with Gasteiger partial charge in [-0.25, -0.2) is 4.79 Å². The van der Waals surface area contributed by atoms with Crippen molar-refractivity contribution in [3.63, 3.8) is 0 Å². The largest absolute Gasteiger partial charge is 0.441 e. The van der Waals surface area contributed by atoms with Gasteiger partial charge in [0, 0.05) is 24.3 Å². The van der Waals surface area contributed by atoms with Crippen molar-refractivity contribution in [2.75, 3.05) is 6.61 Å². The molecule has 128 valence electrons. The lowest BCUT2D eigenvalue weighted by molar-refractivity contribution is -0.0236. The summed E-state index contributed by atoms with van der Waals surface area (Å²) in [5.41, 5.74) is -1.04. The summed E-state index contributed by atoms with van der Waals surface area (Å²) in [6, 6.07) is 1.29. The van der Waals surface area contributed by atoms with Gasteiger partial charge in [-0.2, -0.15) is 4.68 Å². The Morgan fingerprint density at radius 3 is 2.78 bits per heavy atom. The van der Waals surface area contributed by atoms with Crippen molar-refractivity contribution in [1.82, 2.24) is 9.78 Å². The van der Waals surface area contributed by atoms with Crippen molar-refractivity contribution in [1.29, 1.82) is 0 Å². The van der Waals surface area contributed by atoms with Gasteiger partial charge in [0.1, 0.15) is 5.60 Å². The van der Waals surface area contributed by atoms with Crippen molar-refractivity contribution in [2.24, 2.45) is 23.2 Å². The minimum Gasteiger partial charge on any atom is -0.441 e. The second-order valence-electron chi connectivity index (χ2n) is 7.78. The lowest BCUT2D eigenvalue weighted by Crippen LogP contribution is -2.40. The monoisotopic (exact) mass is 322 g/mol. The summed E-state index contributed by atoms with van der Waals surface area (Å²) in [7, 11) is 0. The summed E-state index contributed by atoms with van der Waals surface area (Å²) in [6.07, 6.45) is 5.17. The topological polar surface area (TPSA) is 84.3 Å². The number of H-pyrrole nitrogens is 1. The maximum Gasteiger partial charge on any atom is 0.433 e. The Labute approximate surface area is 135 Å². The second kappa shape index (κ2) is 5.51. The predicted octanol–water partition coefficient (Wildman–Crippen LogP) is 2.37. The summed E-state index contributed by atoms with van der Waals surface area (Å²) < 4.78 is 6.79. The molecule has 1 aromatic heterocycles. The van der Waals surface area contributed by atoms with Crippen LogP contribution in [-0.2, 0) is 4.74 Å². The molecule has 3 rings (SSSR count). The molecule has 0 spiro atoms. The van der Waals surface area contributed by atoms with Crippen LogP contribution >= 0.6 is 0 Å². The number of aromatic nitrogens is 2. The van der Waals surface area contributed by atoms with Gasteiger partial charge in [-0.1, -0.05) is 6.92 Å². The van der Waals surface area contributed by atoms with Gasteiger partial charge in [0.15, 0.2) is 0 Å². The first-order valence-electron chi connectivity index (χ1n) is 8.40. The molecule has 2 fully saturated rings. The molecule has 23 heavy (non-hydrogen) atoms. The van der Waals surface area contributed by atoms with Gasteiger partial charge in [-0.15, -0.1) is 0 Å². The minimum atomic E-state index is -0.626. The lowest BCUT2D eigenvalue weighted by atomic mass is 9.81. The number of hydrogen-bond acceptors (Lipinski definition) is 4. The molecule has 0 aromatic carbocycles. The van der Waals surface area contributed by atoms with Gasteiger partial charge < -0.3 is 9.84 Å². The number of carbonyl (C=O) groups excluding carboxylic acids is 1. The Balaban J connectivity index is 1.69. The van der Waals surface area contributed by atoms with E-state index >= 15 is 0 Å². The average molecular weight is 322 g/mol. The van der Waals surface area contributed by atoms with Crippen LogP contribution in [0.1, 0.15) is 46.5 Å². The van der Waals surface area contributed by atoms with E-state index in [0.29, 0.717) is 11.8 Å². The Kier molecular flexibility index (Phi) is 3.91. The molecule has 3 unspecified atom stereocenters. The van der Waals surface area contributed by atoms with Crippen molar-refractivity contribution in [2.45, 2.75) is 52.1 Å². The highest BCUT2D eigenvalue weighted by Crippen LogP contribution is 2.67. The van der Waals surface area contributed by atoms with E-state index in [4.69, 9.17) is 4.74 Å². The fourth-order valence-corrected chi connectivity index (χ4v) is 3.98. The van der Waals surface area contributed by atoms with E-state index in [0.717, 1.165) is 23.4 Å². The summed E-state index contributed by atoms with van der Waals surface area (Å²) in [6.45, 7) is 6.26. The molecule has 0 saturated heterocycles. The third kappa shape index (κ3) is 2.96. The number of ether oxygens (including phenoxy) is 1. The minimum absolute atomic E-state index is 0.0848. The van der Waals surface area contributed by atoms with E-state index in [1.165, 1.54) is 25.1 Å². The molecular weight excluding hydrogens is 296 g/mol. The highest BCUT2D eigenvalue weighted by Gasteiger charge is 2.64. The Hall–Kier alpha value is -1.56. The molecule has 2 aliphatic rings. The molecular formula is C17H26N2O4. The zero-order valence-corrected chi connectivity index (χ0v) is 14.0. The molecule has 0 radical (unpaired) electrons. The second-order valence-corrected chi connectivity index (χ2v) is 7.78. The highest BCUT2D eigenvalue weighted by atomic mass is 16.6. The number of nitrogens with zero attached hydrogens (tertiary/aromatic N) is 1. The van der Waals surface area contributed by atoms with Gasteiger partial charge in [0.2, 0.25) is 0 Å². The summed E-state index contributed by atoms with van der Waals surface area (Å²) >= 11 is 0. The van der Waals surface area contributed by atoms with Gasteiger partial charge in [-0.05, 0) is 57.3 Å². The molecule has 2 saturated carbocycles. The molecule has 0 bridgehead atoms. The van der Waals surface area contributed by atoms with Crippen molar-refractivity contribution in [3.05, 3.63) is 22.6 Å². The van der Waals surface area contributed by atoms with Crippen LogP contribution in [0.4, 0.5) is 4.79 Å². The summed E-state index contributed by atoms with van der Waals surface area (Å²) in [5, 5.41) is 11.7. The summed E-state index contributed by atoms with van der Waals surface area (Å²) in [4.78, 5) is 23.4. The molecule has 0 amide bonds. The molecule has 1 heterocycles. The van der Waals surface area contributed by atoms with E-state index in [2.05, 4.69) is 12.0 Å². The Morgan fingerprint density at radius 2 is 2.26 bits per heavy atom. The average Bonchev–Trinajstić information content (AvgIpc) is 3.37. The van der Waals surface area contributed by atoms with Crippen LogP contribution in [0.3, 0.4) is 0 Å². The molecule has 1 aromatic rings. The van der Waals surface area contributed by atoms with Crippen LogP contribution in [0.15, 0.2) is 17.1 Å². The van der Waals surface area contributed by atoms with Crippen LogP contribution in [-0.4, -0.2) is 33.2 Å². The number of rotatable bonds is 6. The first-order valence-corrected chi connectivity index (χ1v) is 8.40. The molecule has 6 heteroatoms. The van der Waals surface area contributed by atoms with Crippen LogP contribution in [0.25, 0.3) is 0 Å². The first kappa shape index (κ1) is 16.3. The number of carbonyl (C=O) groups is 1. The SMILES string of the molecule is CC(C)(OC(=O)n1ccc(=O)[nH]1)C1(C)CC1C(CCO)C1CC1. The molecule has 2 N–H and O–H groups in total. The van der Waals surface area contributed by atoms with Crippen molar-refractivity contribution >= 4 is 6.09 Å². The van der Waals surface area contributed by atoms with Gasteiger partial charge in [0.05, 0.1) is 0 Å². The van der Waals surface area contributed by atoms with Gasteiger partial charge in [-0.3, -0.25) is 9.89 Å². The molecule has 3 atom stereocenters. The fourth-order valence-electron chi connectivity index (χ4n) is 3.98. The van der Waals surface area contributed by atoms with Gasteiger partial charge in [0.25, 0.3) is 5.56 Å². The van der Waals surface area contributed by atoms with E-state index < -0.39 is 11.7 Å². The van der Waals surface area contributed by atoms with E-state index in [1.54, 1.807) is 0 Å². The number of aliphatic hydroxyl groups is 1. The number of nitrogens with one attached hydrogen (secondary N) is 1. The fraction of sp³-hybridized carbons (Fsp3) is 0.765. The number of aromatic amines is 1. The number of aliphatic hydroxyl groups excluding tert-OH is 1. The predicted molar refractivity (Wildman–Crippen MR) is 85.1 cm³/mol. The van der Waals surface area contributed by atoms with Crippen LogP contribution in [0, 0.1) is 23.2 Å². The third-order valence-electron chi connectivity index (χ3n) is 6.03. The lowest BCUT2D eigenvalue weighted by Gasteiger charge is -2.34. The van der Waals surface area contributed by atoms with Crippen LogP contribution < -0.4 is 5.56 Å². The standard InChI is InChI=1S/C17H26N2O4/c1-16(2,23-15(22)19-8-6-14(21)18-19)17(3)10-13(17)12(7-9-20)11-4-5-11/h6,8,11-13,20H,4-5,7,9-10H2,1-3H3,(H,18,21). The quantitative estimate of drug-likeness (QED) is 0.842. The highest BCUT2D eigenvalue weighted by molar-refractivity contribution is 5.69. The third-order valence-corrected chi connectivity index (χ3v) is 6.03. The molecule has 2 aliphatic carbocycles. The van der Waals surface area contributed by atoms with E-state index in [9.17, 15) is 14.7 Å². The van der Waals surface area contributed by atoms with Gasteiger partial charge >= 0.3 is 6.09 Å². The zero-order valence-electron chi connectivity index (χ0n) is 14.0. The smallest absolute Gasteiger partial charge is 0.433 e. The van der Waals surface area contributed by atoms with E-state index in [1.807, 2.05) is 13.8 Å². The maximum atomic E-state index is 12.2. The Morgan fingerprint density at radius 1 is 1.57 bits per heavy atom. The normalized spacial score (nSPS) is 28.4. The maximum absolute atomic E-state index is 12.2. The molecule has 0 aliphatic heterocycles. The summed E-state index contributed by atoms with van der Waals surface area (Å²) in [5.74, 6) is 1.73. The first-order chi connectivity index (χ1) is 10.8. The van der Waals surface area contributed by atoms with Crippen LogP contribution in [0.5, 0.6) is 0 Å². The number of hydrogen-bond donors (Lipinski definition) is 2. The molecule has 6 nitrogen and oxygen atoms in total.